The molecule has 0 saturated heterocycles. The number of hydrogen-bond donors (Lipinski definition) is 0. The molecule has 0 fully saturated rings. The number of carbonyl (C=O) groups is 2. The lowest BCUT2D eigenvalue weighted by Crippen LogP contribution is -2.52. The van der Waals surface area contributed by atoms with Gasteiger partial charge in [-0.2, -0.15) is 0 Å². The molecule has 0 saturated carbocycles. The molecule has 1 aromatic rings. The smallest absolute Gasteiger partial charge is 0.253 e. The number of hydrogen-bond acceptors (Lipinski definition) is 3. The van der Waals surface area contributed by atoms with Crippen molar-refractivity contribution in [2.45, 2.75) is 19.9 Å². The van der Waals surface area contributed by atoms with Crippen molar-refractivity contribution >= 4 is 23.2 Å². The number of amides is 2. The molecule has 0 aliphatic carbocycles. The van der Waals surface area contributed by atoms with E-state index in [1.165, 1.54) is 7.11 Å². The predicted molar refractivity (Wildman–Crippen MR) is 73.3 cm³/mol. The normalized spacial score (nSPS) is 18.2. The van der Waals surface area contributed by atoms with Gasteiger partial charge in [-0.1, -0.05) is 12.1 Å². The molecule has 1 aliphatic rings. The number of anilines is 2. The first-order valence-corrected chi connectivity index (χ1v) is 6.24. The largest absolute Gasteiger partial charge is 0.375 e. The minimum absolute atomic E-state index is 0.0150. The number of ether oxygens (including phenoxy) is 1. The third-order valence-electron chi connectivity index (χ3n) is 3.23. The molecule has 0 spiro atoms. The summed E-state index contributed by atoms with van der Waals surface area (Å²) in [5.74, 6) is -0.108. The van der Waals surface area contributed by atoms with E-state index in [1.54, 1.807) is 16.7 Å². The van der Waals surface area contributed by atoms with Crippen LogP contribution >= 0.6 is 0 Å². The Morgan fingerprint density at radius 3 is 2.53 bits per heavy atom. The molecule has 0 bridgehead atoms. The lowest BCUT2D eigenvalue weighted by Gasteiger charge is -2.40. The molecular weight excluding hydrogens is 244 g/mol. The molecule has 0 radical (unpaired) electrons. The second-order valence-corrected chi connectivity index (χ2v) is 4.66. The zero-order chi connectivity index (χ0) is 14.0. The first kappa shape index (κ1) is 13.5. The Bertz CT molecular complexity index is 501. The van der Waals surface area contributed by atoms with Crippen LogP contribution in [0.3, 0.4) is 0 Å². The Hall–Kier alpha value is -1.88. The molecule has 1 unspecified atom stereocenters. The fourth-order valence-electron chi connectivity index (χ4n) is 2.50. The summed E-state index contributed by atoms with van der Waals surface area (Å²) in [7, 11) is 1.50. The Morgan fingerprint density at radius 2 is 1.95 bits per heavy atom. The van der Waals surface area contributed by atoms with Gasteiger partial charge in [-0.15, -0.1) is 0 Å². The lowest BCUT2D eigenvalue weighted by atomic mass is 10.1. The molecule has 102 valence electrons. The minimum Gasteiger partial charge on any atom is -0.375 e. The molecule has 5 heteroatoms. The topological polar surface area (TPSA) is 49.9 Å². The van der Waals surface area contributed by atoms with Crippen LogP contribution in [0.25, 0.3) is 0 Å². The first-order chi connectivity index (χ1) is 9.06. The van der Waals surface area contributed by atoms with Crippen LogP contribution in [-0.2, 0) is 14.3 Å². The van der Waals surface area contributed by atoms with Crippen molar-refractivity contribution in [1.82, 2.24) is 0 Å². The van der Waals surface area contributed by atoms with Crippen LogP contribution in [0.4, 0.5) is 11.4 Å². The van der Waals surface area contributed by atoms with E-state index in [2.05, 4.69) is 0 Å². The van der Waals surface area contributed by atoms with Gasteiger partial charge in [-0.3, -0.25) is 9.59 Å². The van der Waals surface area contributed by atoms with Gasteiger partial charge in [0.1, 0.15) is 6.61 Å². The van der Waals surface area contributed by atoms with E-state index in [4.69, 9.17) is 4.74 Å². The molecule has 0 N–H and O–H groups in total. The highest BCUT2D eigenvalue weighted by Crippen LogP contribution is 2.35. The van der Waals surface area contributed by atoms with E-state index >= 15 is 0 Å². The van der Waals surface area contributed by atoms with Gasteiger partial charge < -0.3 is 14.5 Å². The standard InChI is InChI=1S/C14H18N2O3/c1-10-8-15(14(18)9-19-3)12-6-4-5-7-13(12)16(10)11(2)17/h4-7,10H,8-9H2,1-3H3. The molecule has 2 rings (SSSR count). The zero-order valence-electron chi connectivity index (χ0n) is 11.4. The van der Waals surface area contributed by atoms with Gasteiger partial charge in [0.25, 0.3) is 5.91 Å². The highest BCUT2D eigenvalue weighted by Gasteiger charge is 2.32. The Balaban J connectivity index is 2.44. The van der Waals surface area contributed by atoms with Crippen molar-refractivity contribution in [1.29, 1.82) is 0 Å². The van der Waals surface area contributed by atoms with Crippen LogP contribution in [0.1, 0.15) is 13.8 Å². The van der Waals surface area contributed by atoms with E-state index in [9.17, 15) is 9.59 Å². The average molecular weight is 262 g/mol. The van der Waals surface area contributed by atoms with E-state index in [1.807, 2.05) is 31.2 Å². The van der Waals surface area contributed by atoms with Gasteiger partial charge >= 0.3 is 0 Å². The summed E-state index contributed by atoms with van der Waals surface area (Å²) in [6, 6.07) is 7.39. The number of nitrogens with zero attached hydrogens (tertiary/aromatic N) is 2. The van der Waals surface area contributed by atoms with Crippen LogP contribution in [0, 0.1) is 0 Å². The minimum atomic E-state index is -0.0926. The first-order valence-electron chi connectivity index (χ1n) is 6.24. The van der Waals surface area contributed by atoms with Gasteiger partial charge in [0.2, 0.25) is 5.91 Å². The van der Waals surface area contributed by atoms with Crippen LogP contribution in [-0.4, -0.2) is 38.1 Å². The average Bonchev–Trinajstić information content (AvgIpc) is 2.37. The van der Waals surface area contributed by atoms with Crippen molar-refractivity contribution in [2.24, 2.45) is 0 Å². The van der Waals surface area contributed by atoms with Crippen molar-refractivity contribution in [3.8, 4) is 0 Å². The third kappa shape index (κ3) is 2.46. The van der Waals surface area contributed by atoms with E-state index < -0.39 is 0 Å². The maximum absolute atomic E-state index is 12.1. The molecule has 19 heavy (non-hydrogen) atoms. The number of carbonyl (C=O) groups excluding carboxylic acids is 2. The number of rotatable bonds is 2. The van der Waals surface area contributed by atoms with Gasteiger partial charge in [0.15, 0.2) is 0 Å². The zero-order valence-corrected chi connectivity index (χ0v) is 11.4. The highest BCUT2D eigenvalue weighted by molar-refractivity contribution is 6.04. The fourth-order valence-corrected chi connectivity index (χ4v) is 2.50. The van der Waals surface area contributed by atoms with Crippen molar-refractivity contribution in [2.75, 3.05) is 30.1 Å². The predicted octanol–water partition coefficient (Wildman–Crippen LogP) is 1.42. The molecule has 1 heterocycles. The summed E-state index contributed by atoms with van der Waals surface area (Å²) in [5, 5.41) is 0. The summed E-state index contributed by atoms with van der Waals surface area (Å²) in [4.78, 5) is 27.3. The van der Waals surface area contributed by atoms with Gasteiger partial charge in [-0.05, 0) is 19.1 Å². The quantitative estimate of drug-likeness (QED) is 0.810. The summed E-state index contributed by atoms with van der Waals surface area (Å²) in [6.45, 7) is 4.00. The molecular formula is C14H18N2O3. The fraction of sp³-hybridized carbons (Fsp3) is 0.429. The maximum Gasteiger partial charge on any atom is 0.253 e. The number of para-hydroxylation sites is 2. The van der Waals surface area contributed by atoms with Crippen molar-refractivity contribution in [3.05, 3.63) is 24.3 Å². The van der Waals surface area contributed by atoms with Crippen LogP contribution in [0.2, 0.25) is 0 Å². The van der Waals surface area contributed by atoms with Gasteiger partial charge in [-0.25, -0.2) is 0 Å². The number of methoxy groups -OCH3 is 1. The van der Waals surface area contributed by atoms with E-state index in [0.29, 0.717) is 6.54 Å². The highest BCUT2D eigenvalue weighted by atomic mass is 16.5. The Labute approximate surface area is 112 Å². The molecule has 2 amide bonds. The van der Waals surface area contributed by atoms with E-state index in [0.717, 1.165) is 11.4 Å². The summed E-state index contributed by atoms with van der Waals surface area (Å²) in [6.07, 6.45) is 0. The van der Waals surface area contributed by atoms with Crippen LogP contribution in [0.15, 0.2) is 24.3 Å². The van der Waals surface area contributed by atoms with Crippen LogP contribution in [0.5, 0.6) is 0 Å². The Morgan fingerprint density at radius 1 is 1.32 bits per heavy atom. The SMILES string of the molecule is COCC(=O)N1CC(C)N(C(C)=O)c2ccccc21. The van der Waals surface area contributed by atoms with Crippen molar-refractivity contribution in [3.63, 3.8) is 0 Å². The summed E-state index contributed by atoms with van der Waals surface area (Å²) in [5.41, 5.74) is 1.54. The van der Waals surface area contributed by atoms with Gasteiger partial charge in [0.05, 0.1) is 17.4 Å². The van der Waals surface area contributed by atoms with Gasteiger partial charge in [0, 0.05) is 20.6 Å². The van der Waals surface area contributed by atoms with E-state index in [-0.39, 0.29) is 24.5 Å². The molecule has 1 aliphatic heterocycles. The molecule has 5 nitrogen and oxygen atoms in total. The maximum atomic E-state index is 12.1. The third-order valence-corrected chi connectivity index (χ3v) is 3.23. The summed E-state index contributed by atoms with van der Waals surface area (Å²) < 4.78 is 4.91. The number of fused-ring (bicyclic) bond motifs is 1. The number of benzene rings is 1. The second-order valence-electron chi connectivity index (χ2n) is 4.66. The molecule has 1 atom stereocenters. The lowest BCUT2D eigenvalue weighted by molar-refractivity contribution is -0.122. The molecule has 1 aromatic carbocycles. The van der Waals surface area contributed by atoms with Crippen LogP contribution < -0.4 is 9.80 Å². The Kier molecular flexibility index (Phi) is 3.85. The second kappa shape index (κ2) is 5.40. The summed E-state index contributed by atoms with van der Waals surface area (Å²) >= 11 is 0. The van der Waals surface area contributed by atoms with Crippen molar-refractivity contribution < 1.29 is 14.3 Å². The molecule has 0 aromatic heterocycles. The monoisotopic (exact) mass is 262 g/mol.